The quantitative estimate of drug-likeness (QED) is 0.376. The van der Waals surface area contributed by atoms with Gasteiger partial charge in [-0.1, -0.05) is 31.9 Å². The van der Waals surface area contributed by atoms with Gasteiger partial charge in [0.15, 0.2) is 0 Å². The molecule has 1 nitrogen and oxygen atoms in total. The van der Waals surface area contributed by atoms with Crippen molar-refractivity contribution in [3.05, 3.63) is 52.9 Å². The van der Waals surface area contributed by atoms with Gasteiger partial charge in [-0.3, -0.25) is 4.99 Å². The number of halogens is 1. The molecule has 0 bridgehead atoms. The fourth-order valence-corrected chi connectivity index (χ4v) is 2.81. The van der Waals surface area contributed by atoms with Crippen LogP contribution < -0.4 is 0 Å². The lowest BCUT2D eigenvalue weighted by molar-refractivity contribution is 0.625. The van der Waals surface area contributed by atoms with Gasteiger partial charge in [0, 0.05) is 11.8 Å². The maximum atomic E-state index is 13.6. The molecule has 1 fully saturated rings. The maximum Gasteiger partial charge on any atom is 0.123 e. The highest BCUT2D eigenvalue weighted by Crippen LogP contribution is 2.43. The molecule has 1 aliphatic rings. The summed E-state index contributed by atoms with van der Waals surface area (Å²) in [5.41, 5.74) is 4.41. The first-order chi connectivity index (χ1) is 11.2. The first-order valence-corrected chi connectivity index (χ1v) is 8.85. The second-order valence-corrected chi connectivity index (χ2v) is 6.26. The van der Waals surface area contributed by atoms with E-state index in [2.05, 4.69) is 19.9 Å². The summed E-state index contributed by atoms with van der Waals surface area (Å²) < 4.78 is 13.6. The number of nitrogens with zero attached hydrogens (tertiary/aromatic N) is 1. The van der Waals surface area contributed by atoms with E-state index in [9.17, 15) is 4.39 Å². The minimum absolute atomic E-state index is 0.149. The van der Waals surface area contributed by atoms with E-state index in [-0.39, 0.29) is 5.82 Å². The Hall–Kier alpha value is -1.70. The third kappa shape index (κ3) is 5.16. The number of hydrogen-bond acceptors (Lipinski definition) is 1. The van der Waals surface area contributed by atoms with Crippen LogP contribution >= 0.6 is 0 Å². The number of rotatable bonds is 8. The van der Waals surface area contributed by atoms with Crippen LogP contribution in [0.25, 0.3) is 5.70 Å². The summed E-state index contributed by atoms with van der Waals surface area (Å²) in [5, 5.41) is 0. The summed E-state index contributed by atoms with van der Waals surface area (Å²) in [7, 11) is 0. The maximum absolute atomic E-state index is 13.6. The van der Waals surface area contributed by atoms with Crippen molar-refractivity contribution < 1.29 is 4.39 Å². The Balaban J connectivity index is 2.16. The molecule has 0 heterocycles. The highest BCUT2D eigenvalue weighted by atomic mass is 19.1. The van der Waals surface area contributed by atoms with E-state index in [1.54, 1.807) is 6.07 Å². The molecule has 0 N–H and O–H groups in total. The van der Waals surface area contributed by atoms with E-state index in [1.165, 1.54) is 30.9 Å². The van der Waals surface area contributed by atoms with Gasteiger partial charge in [-0.05, 0) is 74.8 Å². The molecule has 0 atom stereocenters. The van der Waals surface area contributed by atoms with Gasteiger partial charge in [-0.25, -0.2) is 4.39 Å². The number of hydrogen-bond donors (Lipinski definition) is 0. The zero-order valence-electron chi connectivity index (χ0n) is 14.6. The van der Waals surface area contributed by atoms with Crippen LogP contribution in [-0.4, -0.2) is 6.21 Å². The van der Waals surface area contributed by atoms with E-state index in [1.807, 2.05) is 25.3 Å². The van der Waals surface area contributed by atoms with Gasteiger partial charge in [0.05, 0.1) is 5.70 Å². The van der Waals surface area contributed by atoms with E-state index in [0.717, 1.165) is 36.1 Å². The van der Waals surface area contributed by atoms with Crippen LogP contribution in [0.3, 0.4) is 0 Å². The molecule has 1 aromatic rings. The average Bonchev–Trinajstić information content (AvgIpc) is 3.39. The van der Waals surface area contributed by atoms with Crippen LogP contribution in [-0.2, 0) is 0 Å². The second-order valence-electron chi connectivity index (χ2n) is 6.26. The molecule has 0 spiro atoms. The minimum Gasteiger partial charge on any atom is -0.256 e. The van der Waals surface area contributed by atoms with Crippen molar-refractivity contribution in [2.24, 2.45) is 4.99 Å². The van der Waals surface area contributed by atoms with E-state index >= 15 is 0 Å². The molecule has 2 rings (SSSR count). The summed E-state index contributed by atoms with van der Waals surface area (Å²) >= 11 is 0. The van der Waals surface area contributed by atoms with Crippen molar-refractivity contribution in [3.8, 4) is 0 Å². The Morgan fingerprint density at radius 2 is 2.00 bits per heavy atom. The fourth-order valence-electron chi connectivity index (χ4n) is 2.81. The summed E-state index contributed by atoms with van der Waals surface area (Å²) in [5.74, 6) is 0.361. The Labute approximate surface area is 140 Å². The second kappa shape index (κ2) is 8.81. The first-order valence-electron chi connectivity index (χ1n) is 8.85. The lowest BCUT2D eigenvalue weighted by atomic mass is 10.00. The van der Waals surface area contributed by atoms with Gasteiger partial charge in [0.2, 0.25) is 0 Å². The van der Waals surface area contributed by atoms with Crippen LogP contribution in [0.2, 0.25) is 0 Å². The van der Waals surface area contributed by atoms with Crippen LogP contribution in [0, 0.1) is 5.82 Å². The summed E-state index contributed by atoms with van der Waals surface area (Å²) in [6.07, 6.45) is 13.2. The minimum atomic E-state index is -0.149. The first kappa shape index (κ1) is 17.7. The molecule has 0 amide bonds. The largest absolute Gasteiger partial charge is 0.256 e. The van der Waals surface area contributed by atoms with E-state index in [0.29, 0.717) is 5.92 Å². The fraction of sp³-hybridized carbons (Fsp3) is 0.476. The topological polar surface area (TPSA) is 12.4 Å². The molecule has 0 radical (unpaired) electrons. The van der Waals surface area contributed by atoms with E-state index < -0.39 is 0 Å². The SMILES string of the molecule is C\C=C(/C=N/C(=C\C)c1ccc(F)cc1C1CC1)CCCCC. The Kier molecular flexibility index (Phi) is 6.76. The molecule has 2 heteroatoms. The van der Waals surface area contributed by atoms with Crippen LogP contribution in [0.15, 0.2) is 40.9 Å². The van der Waals surface area contributed by atoms with Gasteiger partial charge < -0.3 is 0 Å². The normalized spacial score (nSPS) is 16.3. The van der Waals surface area contributed by atoms with Crippen molar-refractivity contribution >= 4 is 11.9 Å². The Morgan fingerprint density at radius 1 is 1.22 bits per heavy atom. The standard InChI is InChI=1S/C21H28FN/c1-4-7-8-9-16(5-2)15-23-21(6-3)19-13-12-18(22)14-20(19)17-10-11-17/h5-6,12-15,17H,4,7-11H2,1-3H3/b16-5-,21-6-,23-15+. The van der Waals surface area contributed by atoms with Gasteiger partial charge in [-0.2, -0.15) is 0 Å². The average molecular weight is 313 g/mol. The van der Waals surface area contributed by atoms with Gasteiger partial charge in [0.25, 0.3) is 0 Å². The third-order valence-corrected chi connectivity index (χ3v) is 4.39. The lowest BCUT2D eigenvalue weighted by Gasteiger charge is -2.10. The molecule has 0 unspecified atom stereocenters. The molecule has 1 saturated carbocycles. The zero-order valence-corrected chi connectivity index (χ0v) is 14.6. The monoisotopic (exact) mass is 313 g/mol. The van der Waals surface area contributed by atoms with Crippen LogP contribution in [0.5, 0.6) is 0 Å². The molecule has 0 saturated heterocycles. The molecular formula is C21H28FN. The highest BCUT2D eigenvalue weighted by Gasteiger charge is 2.27. The summed E-state index contributed by atoms with van der Waals surface area (Å²) in [6, 6.07) is 5.10. The van der Waals surface area contributed by atoms with Crippen molar-refractivity contribution in [1.29, 1.82) is 0 Å². The van der Waals surface area contributed by atoms with Crippen molar-refractivity contribution in [2.45, 2.75) is 65.2 Å². The predicted octanol–water partition coefficient (Wildman–Crippen LogP) is 6.66. The van der Waals surface area contributed by atoms with Crippen molar-refractivity contribution in [3.63, 3.8) is 0 Å². The predicted molar refractivity (Wildman–Crippen MR) is 98.4 cm³/mol. The smallest absolute Gasteiger partial charge is 0.123 e. The Bertz CT molecular complexity index is 606. The van der Waals surface area contributed by atoms with E-state index in [4.69, 9.17) is 4.99 Å². The van der Waals surface area contributed by atoms with Crippen LogP contribution in [0.4, 0.5) is 4.39 Å². The zero-order chi connectivity index (χ0) is 16.7. The molecule has 0 aliphatic heterocycles. The number of benzene rings is 1. The Morgan fingerprint density at radius 3 is 2.61 bits per heavy atom. The number of allylic oxidation sites excluding steroid dienone is 3. The van der Waals surface area contributed by atoms with Gasteiger partial charge >= 0.3 is 0 Å². The summed E-state index contributed by atoms with van der Waals surface area (Å²) in [6.45, 7) is 6.28. The molecule has 1 aromatic carbocycles. The molecule has 1 aliphatic carbocycles. The van der Waals surface area contributed by atoms with Crippen LogP contribution in [0.1, 0.15) is 76.3 Å². The molecule has 0 aromatic heterocycles. The van der Waals surface area contributed by atoms with Crippen molar-refractivity contribution in [1.82, 2.24) is 0 Å². The lowest BCUT2D eigenvalue weighted by Crippen LogP contribution is -1.94. The molecule has 23 heavy (non-hydrogen) atoms. The molecular weight excluding hydrogens is 285 g/mol. The number of aliphatic imine (C=N–C) groups is 1. The third-order valence-electron chi connectivity index (χ3n) is 4.39. The highest BCUT2D eigenvalue weighted by molar-refractivity contribution is 5.85. The van der Waals surface area contributed by atoms with Crippen molar-refractivity contribution in [2.75, 3.05) is 0 Å². The summed E-state index contributed by atoms with van der Waals surface area (Å²) in [4.78, 5) is 4.71. The van der Waals surface area contributed by atoms with Gasteiger partial charge in [-0.15, -0.1) is 0 Å². The van der Waals surface area contributed by atoms with Gasteiger partial charge in [0.1, 0.15) is 5.82 Å². The number of unbranched alkanes of at least 4 members (excludes halogenated alkanes) is 2. The molecule has 124 valence electrons.